The van der Waals surface area contributed by atoms with Crippen LogP contribution in [0, 0.1) is 0 Å². The van der Waals surface area contributed by atoms with E-state index in [2.05, 4.69) is 10.2 Å². The Balaban J connectivity index is 1.42. The molecule has 3 heterocycles. The molecule has 0 spiro atoms. The number of carbonyl (C=O) groups excluding carboxylic acids is 2. The molecule has 2 fully saturated rings. The van der Waals surface area contributed by atoms with E-state index < -0.39 is 0 Å². The lowest BCUT2D eigenvalue weighted by molar-refractivity contribution is 0.0532. The van der Waals surface area contributed by atoms with Crippen molar-refractivity contribution >= 4 is 39.1 Å². The summed E-state index contributed by atoms with van der Waals surface area (Å²) in [5, 5.41) is 3.98. The molecule has 0 bridgehead atoms. The third kappa shape index (κ3) is 4.15. The van der Waals surface area contributed by atoms with Gasteiger partial charge in [-0.2, -0.15) is 0 Å². The highest BCUT2D eigenvalue weighted by Crippen LogP contribution is 2.29. The molecule has 2 saturated heterocycles. The number of ether oxygens (including phenoxy) is 1. The molecule has 28 heavy (non-hydrogen) atoms. The Morgan fingerprint density at radius 3 is 2.79 bits per heavy atom. The summed E-state index contributed by atoms with van der Waals surface area (Å²) in [5.74, 6) is -0.296. The van der Waals surface area contributed by atoms with Crippen LogP contribution in [0.15, 0.2) is 24.3 Å². The summed E-state index contributed by atoms with van der Waals surface area (Å²) >= 11 is 1.41. The van der Waals surface area contributed by atoms with Crippen LogP contribution in [0.5, 0.6) is 0 Å². The number of hydrogen-bond donors (Lipinski definition) is 1. The van der Waals surface area contributed by atoms with Crippen LogP contribution in [0.4, 0.5) is 10.5 Å². The van der Waals surface area contributed by atoms with Gasteiger partial charge in [0.25, 0.3) is 0 Å². The Labute approximate surface area is 169 Å². The average molecular weight is 402 g/mol. The van der Waals surface area contributed by atoms with E-state index in [0.29, 0.717) is 17.5 Å². The number of nitrogens with one attached hydrogen (secondary N) is 1. The molecule has 2 aromatic rings. The third-order valence-corrected chi connectivity index (χ3v) is 6.68. The molecule has 1 N–H and O–H groups in total. The second-order valence-electron chi connectivity index (χ2n) is 7.50. The van der Waals surface area contributed by atoms with Crippen molar-refractivity contribution in [2.24, 2.45) is 0 Å². The van der Waals surface area contributed by atoms with Crippen molar-refractivity contribution in [1.29, 1.82) is 0 Å². The van der Waals surface area contributed by atoms with Crippen LogP contribution in [-0.2, 0) is 4.74 Å². The van der Waals surface area contributed by atoms with Gasteiger partial charge in [0.05, 0.1) is 6.61 Å². The van der Waals surface area contributed by atoms with Crippen molar-refractivity contribution in [1.82, 2.24) is 9.80 Å². The summed E-state index contributed by atoms with van der Waals surface area (Å²) < 4.78 is 6.08. The van der Waals surface area contributed by atoms with Crippen LogP contribution in [-0.4, -0.2) is 60.6 Å². The minimum Gasteiger partial charge on any atom is -0.462 e. The van der Waals surface area contributed by atoms with Gasteiger partial charge in [-0.25, -0.2) is 9.59 Å². The Morgan fingerprint density at radius 2 is 2.00 bits per heavy atom. The maximum atomic E-state index is 12.8. The summed E-state index contributed by atoms with van der Waals surface area (Å²) in [6.45, 7) is 6.11. The largest absolute Gasteiger partial charge is 0.462 e. The van der Waals surface area contributed by atoms with Crippen molar-refractivity contribution < 1.29 is 14.3 Å². The number of likely N-dealkylation sites (tertiary alicyclic amines) is 2. The monoisotopic (exact) mass is 401 g/mol. The molecule has 7 heteroatoms. The van der Waals surface area contributed by atoms with Gasteiger partial charge >= 0.3 is 12.0 Å². The number of hydrogen-bond acceptors (Lipinski definition) is 5. The number of urea groups is 1. The first-order valence-electron chi connectivity index (χ1n) is 10.1. The minimum atomic E-state index is -0.296. The number of anilines is 1. The first-order valence-corrected chi connectivity index (χ1v) is 11.0. The number of carbonyl (C=O) groups is 2. The van der Waals surface area contributed by atoms with Crippen LogP contribution in [0.2, 0.25) is 0 Å². The van der Waals surface area contributed by atoms with Gasteiger partial charge in [0.1, 0.15) is 4.88 Å². The molecule has 1 aromatic heterocycles. The maximum Gasteiger partial charge on any atom is 0.348 e. The molecule has 0 unspecified atom stereocenters. The predicted molar refractivity (Wildman–Crippen MR) is 112 cm³/mol. The standard InChI is InChI=1S/C21H27N3O3S/c1-2-27-20(25)19-13-15-12-16(7-8-18(15)28-19)22-21(26)24-11-5-6-17(14-24)23-9-3-4-10-23/h7-8,12-13,17H,2-6,9-11,14H2,1H3,(H,22,26)/t17-/m1/s1. The molecule has 2 amide bonds. The van der Waals surface area contributed by atoms with Crippen molar-refractivity contribution in [2.45, 2.75) is 38.6 Å². The van der Waals surface area contributed by atoms with Gasteiger partial charge < -0.3 is 15.0 Å². The summed E-state index contributed by atoms with van der Waals surface area (Å²) in [6.07, 6.45) is 4.79. The second-order valence-corrected chi connectivity index (χ2v) is 8.58. The Hall–Kier alpha value is -2.12. The third-order valence-electron chi connectivity index (χ3n) is 5.58. The SMILES string of the molecule is CCOC(=O)c1cc2cc(NC(=O)N3CCC[C@@H](N4CCCC4)C3)ccc2s1. The van der Waals surface area contributed by atoms with Crippen molar-refractivity contribution in [3.8, 4) is 0 Å². The average Bonchev–Trinajstić information content (AvgIpc) is 3.38. The summed E-state index contributed by atoms with van der Waals surface area (Å²) in [6, 6.07) is 8.05. The van der Waals surface area contributed by atoms with Gasteiger partial charge in [-0.3, -0.25) is 4.90 Å². The summed E-state index contributed by atoms with van der Waals surface area (Å²) in [7, 11) is 0. The molecule has 2 aliphatic heterocycles. The van der Waals surface area contributed by atoms with Gasteiger partial charge in [0.2, 0.25) is 0 Å². The smallest absolute Gasteiger partial charge is 0.348 e. The quantitative estimate of drug-likeness (QED) is 0.781. The number of benzene rings is 1. The fraction of sp³-hybridized carbons (Fsp3) is 0.524. The Morgan fingerprint density at radius 1 is 1.18 bits per heavy atom. The molecule has 1 atom stereocenters. The first kappa shape index (κ1) is 19.2. The van der Waals surface area contributed by atoms with E-state index in [4.69, 9.17) is 4.74 Å². The number of fused-ring (bicyclic) bond motifs is 1. The highest BCUT2D eigenvalue weighted by Gasteiger charge is 2.29. The predicted octanol–water partition coefficient (Wildman–Crippen LogP) is 4.17. The topological polar surface area (TPSA) is 61.9 Å². The first-order chi connectivity index (χ1) is 13.6. The van der Waals surface area contributed by atoms with Crippen LogP contribution in [0.1, 0.15) is 42.3 Å². The summed E-state index contributed by atoms with van der Waals surface area (Å²) in [4.78, 5) is 29.8. The Kier molecular flexibility index (Phi) is 5.82. The number of rotatable bonds is 4. The fourth-order valence-electron chi connectivity index (χ4n) is 4.17. The number of nitrogens with zero attached hydrogens (tertiary/aromatic N) is 2. The molecule has 2 aliphatic rings. The summed E-state index contributed by atoms with van der Waals surface area (Å²) in [5.41, 5.74) is 0.758. The second kappa shape index (κ2) is 8.49. The molecular formula is C21H27N3O3S. The van der Waals surface area contributed by atoms with Crippen LogP contribution >= 0.6 is 11.3 Å². The molecule has 0 radical (unpaired) electrons. The number of piperidine rings is 1. The zero-order valence-corrected chi connectivity index (χ0v) is 17.1. The molecule has 0 saturated carbocycles. The van der Waals surface area contributed by atoms with Crippen LogP contribution < -0.4 is 5.32 Å². The van der Waals surface area contributed by atoms with Crippen molar-refractivity contribution in [2.75, 3.05) is 38.1 Å². The zero-order chi connectivity index (χ0) is 19.5. The van der Waals surface area contributed by atoms with Gasteiger partial charge in [0.15, 0.2) is 0 Å². The van der Waals surface area contributed by atoms with Gasteiger partial charge in [-0.15, -0.1) is 11.3 Å². The molecule has 0 aliphatic carbocycles. The van der Waals surface area contributed by atoms with Gasteiger partial charge in [-0.05, 0) is 75.3 Å². The Bertz CT molecular complexity index is 860. The van der Waals surface area contributed by atoms with E-state index in [-0.39, 0.29) is 12.0 Å². The molecule has 6 nitrogen and oxygen atoms in total. The number of thiophene rings is 1. The molecule has 1 aromatic carbocycles. The van der Waals surface area contributed by atoms with Crippen LogP contribution in [0.25, 0.3) is 10.1 Å². The number of amides is 2. The normalized spacial score (nSPS) is 20.5. The van der Waals surface area contributed by atoms with E-state index in [1.807, 2.05) is 29.2 Å². The van der Waals surface area contributed by atoms with E-state index >= 15 is 0 Å². The lowest BCUT2D eigenvalue weighted by Gasteiger charge is -2.37. The highest BCUT2D eigenvalue weighted by molar-refractivity contribution is 7.20. The van der Waals surface area contributed by atoms with Crippen molar-refractivity contribution in [3.63, 3.8) is 0 Å². The molecule has 4 rings (SSSR count). The molecular weight excluding hydrogens is 374 g/mol. The lowest BCUT2D eigenvalue weighted by Crippen LogP contribution is -2.50. The van der Waals surface area contributed by atoms with E-state index in [1.165, 1.54) is 30.6 Å². The van der Waals surface area contributed by atoms with Gasteiger partial charge in [0, 0.05) is 29.5 Å². The highest BCUT2D eigenvalue weighted by atomic mass is 32.1. The number of esters is 1. The van der Waals surface area contributed by atoms with Crippen LogP contribution in [0.3, 0.4) is 0 Å². The van der Waals surface area contributed by atoms with E-state index in [0.717, 1.165) is 48.4 Å². The zero-order valence-electron chi connectivity index (χ0n) is 16.3. The maximum absolute atomic E-state index is 12.8. The minimum absolute atomic E-state index is 0.0379. The molecule has 150 valence electrons. The van der Waals surface area contributed by atoms with Gasteiger partial charge in [-0.1, -0.05) is 0 Å². The van der Waals surface area contributed by atoms with Crippen molar-refractivity contribution in [3.05, 3.63) is 29.1 Å². The van der Waals surface area contributed by atoms with E-state index in [9.17, 15) is 9.59 Å². The van der Waals surface area contributed by atoms with E-state index in [1.54, 1.807) is 6.92 Å². The fourth-order valence-corrected chi connectivity index (χ4v) is 5.11. The lowest BCUT2D eigenvalue weighted by atomic mass is 10.0.